The van der Waals surface area contributed by atoms with E-state index in [0.717, 1.165) is 23.6 Å². The van der Waals surface area contributed by atoms with E-state index in [2.05, 4.69) is 0 Å². The Hall–Kier alpha value is -2.96. The molecule has 3 aromatic carbocycles. The first kappa shape index (κ1) is 18.4. The van der Waals surface area contributed by atoms with Crippen molar-refractivity contribution in [2.24, 2.45) is 0 Å². The van der Waals surface area contributed by atoms with E-state index in [9.17, 15) is 26.3 Å². The Kier molecular flexibility index (Phi) is 3.96. The molecular formula is C21H13F6N. The summed E-state index contributed by atoms with van der Waals surface area (Å²) in [6, 6.07) is 4.90. The van der Waals surface area contributed by atoms with E-state index in [1.165, 1.54) is 26.0 Å². The van der Waals surface area contributed by atoms with Crippen molar-refractivity contribution < 1.29 is 26.3 Å². The molecule has 4 rings (SSSR count). The highest BCUT2D eigenvalue weighted by Crippen LogP contribution is 2.37. The summed E-state index contributed by atoms with van der Waals surface area (Å²) in [7, 11) is 0. The van der Waals surface area contributed by atoms with Crippen LogP contribution in [0.15, 0.2) is 24.3 Å². The maximum Gasteiger partial charge on any atom is 0.186 e. The molecule has 0 bridgehead atoms. The van der Waals surface area contributed by atoms with Gasteiger partial charge in [-0.3, -0.25) is 0 Å². The highest BCUT2D eigenvalue weighted by atomic mass is 19.2. The fourth-order valence-electron chi connectivity index (χ4n) is 3.44. The standard InChI is InChI=1S/C21H13F6N/c1-8-4-11-12-5-9(2)14(23)7-16(12)28(15(11)6-13(8)22)21-19(26)17(24)10(3)18(25)20(21)27/h4-7H,1-3H3. The summed E-state index contributed by atoms with van der Waals surface area (Å²) in [5.74, 6) is -7.77. The fraction of sp³-hybridized carbons (Fsp3) is 0.143. The third kappa shape index (κ3) is 2.35. The van der Waals surface area contributed by atoms with Crippen LogP contribution in [0.1, 0.15) is 16.7 Å². The van der Waals surface area contributed by atoms with Gasteiger partial charge in [0.15, 0.2) is 23.3 Å². The Bertz CT molecular complexity index is 1210. The molecule has 1 aromatic heterocycles. The first-order valence-corrected chi connectivity index (χ1v) is 8.36. The van der Waals surface area contributed by atoms with E-state index in [-0.39, 0.29) is 22.2 Å². The van der Waals surface area contributed by atoms with Crippen molar-refractivity contribution >= 4 is 21.8 Å². The van der Waals surface area contributed by atoms with Crippen molar-refractivity contribution in [2.75, 3.05) is 0 Å². The molecule has 0 unspecified atom stereocenters. The second-order valence-corrected chi connectivity index (χ2v) is 6.80. The third-order valence-electron chi connectivity index (χ3n) is 5.01. The summed E-state index contributed by atoms with van der Waals surface area (Å²) >= 11 is 0. The van der Waals surface area contributed by atoms with Crippen molar-refractivity contribution in [3.63, 3.8) is 0 Å². The van der Waals surface area contributed by atoms with Gasteiger partial charge in [-0.1, -0.05) is 0 Å². The van der Waals surface area contributed by atoms with Crippen LogP contribution in [0, 0.1) is 55.7 Å². The topological polar surface area (TPSA) is 4.93 Å². The lowest BCUT2D eigenvalue weighted by molar-refractivity contribution is 0.441. The van der Waals surface area contributed by atoms with Gasteiger partial charge in [0.2, 0.25) is 0 Å². The number of rotatable bonds is 1. The molecule has 0 aliphatic carbocycles. The lowest BCUT2D eigenvalue weighted by Gasteiger charge is -2.13. The van der Waals surface area contributed by atoms with Gasteiger partial charge in [-0.2, -0.15) is 0 Å². The normalized spacial score (nSPS) is 11.8. The molecule has 1 nitrogen and oxygen atoms in total. The van der Waals surface area contributed by atoms with Gasteiger partial charge >= 0.3 is 0 Å². The zero-order valence-corrected chi connectivity index (χ0v) is 15.0. The van der Waals surface area contributed by atoms with E-state index in [0.29, 0.717) is 10.8 Å². The van der Waals surface area contributed by atoms with Gasteiger partial charge in [-0.25, -0.2) is 26.3 Å². The Labute approximate surface area is 155 Å². The molecule has 4 aromatic rings. The van der Waals surface area contributed by atoms with Gasteiger partial charge < -0.3 is 4.57 Å². The first-order valence-electron chi connectivity index (χ1n) is 8.36. The minimum atomic E-state index is -1.64. The van der Waals surface area contributed by atoms with Crippen LogP contribution in [0.2, 0.25) is 0 Å². The van der Waals surface area contributed by atoms with Crippen LogP contribution < -0.4 is 0 Å². The molecule has 0 spiro atoms. The monoisotopic (exact) mass is 393 g/mol. The summed E-state index contributed by atoms with van der Waals surface area (Å²) in [5, 5.41) is 0.745. The van der Waals surface area contributed by atoms with Crippen LogP contribution in [-0.4, -0.2) is 4.57 Å². The first-order chi connectivity index (χ1) is 13.1. The highest BCUT2D eigenvalue weighted by molar-refractivity contribution is 6.09. The molecule has 144 valence electrons. The van der Waals surface area contributed by atoms with Gasteiger partial charge in [-0.15, -0.1) is 0 Å². The van der Waals surface area contributed by atoms with Crippen molar-refractivity contribution in [1.82, 2.24) is 4.57 Å². The van der Waals surface area contributed by atoms with E-state index >= 15 is 0 Å². The number of nitrogens with zero attached hydrogens (tertiary/aromatic N) is 1. The highest BCUT2D eigenvalue weighted by Gasteiger charge is 2.27. The number of benzene rings is 3. The van der Waals surface area contributed by atoms with Crippen molar-refractivity contribution in [3.05, 3.63) is 75.9 Å². The molecule has 0 atom stereocenters. The van der Waals surface area contributed by atoms with Gasteiger partial charge in [0.1, 0.15) is 17.3 Å². The number of halogens is 6. The Morgan fingerprint density at radius 3 is 1.36 bits per heavy atom. The zero-order valence-electron chi connectivity index (χ0n) is 15.0. The fourth-order valence-corrected chi connectivity index (χ4v) is 3.44. The van der Waals surface area contributed by atoms with Gasteiger partial charge in [-0.05, 0) is 56.2 Å². The average Bonchev–Trinajstić information content (AvgIpc) is 2.92. The molecule has 0 radical (unpaired) electrons. The smallest absolute Gasteiger partial charge is 0.186 e. The second-order valence-electron chi connectivity index (χ2n) is 6.80. The van der Waals surface area contributed by atoms with Crippen LogP contribution in [-0.2, 0) is 0 Å². The molecule has 0 fully saturated rings. The van der Waals surface area contributed by atoms with Crippen molar-refractivity contribution in [1.29, 1.82) is 0 Å². The number of fused-ring (bicyclic) bond motifs is 3. The number of aromatic nitrogens is 1. The van der Waals surface area contributed by atoms with Crippen LogP contribution in [0.25, 0.3) is 27.5 Å². The van der Waals surface area contributed by atoms with Crippen molar-refractivity contribution in [3.8, 4) is 5.69 Å². The molecule has 0 N–H and O–H groups in total. The Morgan fingerprint density at radius 1 is 0.571 bits per heavy atom. The number of aryl methyl sites for hydroxylation is 2. The second kappa shape index (κ2) is 6.02. The molecule has 0 saturated carbocycles. The Morgan fingerprint density at radius 2 is 0.964 bits per heavy atom. The largest absolute Gasteiger partial charge is 0.304 e. The van der Waals surface area contributed by atoms with Crippen LogP contribution in [0.4, 0.5) is 26.3 Å². The van der Waals surface area contributed by atoms with Crippen LogP contribution >= 0.6 is 0 Å². The predicted molar refractivity (Wildman–Crippen MR) is 94.7 cm³/mol. The van der Waals surface area contributed by atoms with E-state index < -0.39 is 46.2 Å². The third-order valence-corrected chi connectivity index (χ3v) is 5.01. The average molecular weight is 393 g/mol. The van der Waals surface area contributed by atoms with E-state index in [1.54, 1.807) is 0 Å². The molecule has 0 aliphatic heterocycles. The number of hydrogen-bond donors (Lipinski definition) is 0. The summed E-state index contributed by atoms with van der Waals surface area (Å²) in [4.78, 5) is 0. The number of hydrogen-bond acceptors (Lipinski definition) is 0. The molecule has 28 heavy (non-hydrogen) atoms. The maximum absolute atomic E-state index is 14.7. The molecule has 1 heterocycles. The van der Waals surface area contributed by atoms with Crippen molar-refractivity contribution in [2.45, 2.75) is 20.8 Å². The Balaban J connectivity index is 2.31. The summed E-state index contributed by atoms with van der Waals surface area (Å²) in [6.07, 6.45) is 0. The minimum Gasteiger partial charge on any atom is -0.304 e. The molecule has 0 amide bonds. The summed E-state index contributed by atoms with van der Waals surface area (Å²) < 4.78 is 87.0. The van der Waals surface area contributed by atoms with Crippen LogP contribution in [0.5, 0.6) is 0 Å². The SMILES string of the molecule is Cc1cc2c3cc(C)c(F)cc3n(-c3c(F)c(F)c(C)c(F)c3F)c2cc1F. The lowest BCUT2D eigenvalue weighted by Crippen LogP contribution is -2.09. The summed E-state index contributed by atoms with van der Waals surface area (Å²) in [6.45, 7) is 3.90. The molecule has 0 aliphatic rings. The maximum atomic E-state index is 14.7. The molecular weight excluding hydrogens is 380 g/mol. The molecule has 7 heteroatoms. The van der Waals surface area contributed by atoms with E-state index in [1.807, 2.05) is 0 Å². The summed E-state index contributed by atoms with van der Waals surface area (Å²) in [5.41, 5.74) is -1.44. The minimum absolute atomic E-state index is 0.0384. The predicted octanol–water partition coefficient (Wildman–Crippen LogP) is 6.54. The quantitative estimate of drug-likeness (QED) is 0.256. The lowest BCUT2D eigenvalue weighted by atomic mass is 10.1. The zero-order chi connectivity index (χ0) is 20.5. The van der Waals surface area contributed by atoms with Gasteiger partial charge in [0.25, 0.3) is 0 Å². The van der Waals surface area contributed by atoms with Crippen LogP contribution in [0.3, 0.4) is 0 Å². The molecule has 0 saturated heterocycles. The van der Waals surface area contributed by atoms with Gasteiger partial charge in [0, 0.05) is 16.3 Å². The van der Waals surface area contributed by atoms with Gasteiger partial charge in [0.05, 0.1) is 11.0 Å². The van der Waals surface area contributed by atoms with E-state index in [4.69, 9.17) is 0 Å².